The fourth-order valence-corrected chi connectivity index (χ4v) is 3.44. The number of aryl methyl sites for hydroxylation is 1. The fraction of sp³-hybridized carbons (Fsp3) is 0.500. The van der Waals surface area contributed by atoms with Gasteiger partial charge in [-0.25, -0.2) is 0 Å². The van der Waals surface area contributed by atoms with Crippen molar-refractivity contribution in [3.63, 3.8) is 0 Å². The minimum atomic E-state index is -0.772. The molecule has 1 aromatic carbocycles. The lowest BCUT2D eigenvalue weighted by molar-refractivity contribution is -0.141. The lowest BCUT2D eigenvalue weighted by Gasteiger charge is -2.17. The Morgan fingerprint density at radius 2 is 1.85 bits per heavy atom. The highest BCUT2D eigenvalue weighted by molar-refractivity contribution is 5.81. The predicted octanol–water partition coefficient (Wildman–Crippen LogP) is 2.29. The molecule has 0 saturated heterocycles. The molecule has 0 aliphatic heterocycles. The van der Waals surface area contributed by atoms with Gasteiger partial charge in [-0.1, -0.05) is 24.3 Å². The molecule has 0 radical (unpaired) electrons. The molecule has 2 aliphatic carbocycles. The number of benzene rings is 1. The molecule has 1 fully saturated rings. The molecule has 2 N–H and O–H groups in total. The van der Waals surface area contributed by atoms with Gasteiger partial charge in [-0.15, -0.1) is 0 Å². The van der Waals surface area contributed by atoms with Crippen LogP contribution in [0.4, 0.5) is 0 Å². The number of aliphatic carboxylic acids is 1. The van der Waals surface area contributed by atoms with E-state index >= 15 is 0 Å². The molecule has 1 aromatic rings. The van der Waals surface area contributed by atoms with Gasteiger partial charge in [-0.05, 0) is 43.2 Å². The van der Waals surface area contributed by atoms with Gasteiger partial charge >= 0.3 is 5.97 Å². The topological polar surface area (TPSA) is 66.4 Å². The smallest absolute Gasteiger partial charge is 0.306 e. The van der Waals surface area contributed by atoms with E-state index in [4.69, 9.17) is 5.11 Å². The number of nitrogens with one attached hydrogen (secondary N) is 1. The maximum absolute atomic E-state index is 12.3. The van der Waals surface area contributed by atoms with Crippen LogP contribution in [0.15, 0.2) is 24.3 Å². The van der Waals surface area contributed by atoms with E-state index in [1.807, 2.05) is 12.1 Å². The van der Waals surface area contributed by atoms with Gasteiger partial charge < -0.3 is 10.4 Å². The van der Waals surface area contributed by atoms with Crippen LogP contribution in [0.3, 0.4) is 0 Å². The second kappa shape index (κ2) is 5.27. The monoisotopic (exact) mass is 273 g/mol. The Morgan fingerprint density at radius 3 is 2.60 bits per heavy atom. The number of amides is 1. The molecule has 3 rings (SSSR count). The Kier molecular flexibility index (Phi) is 3.47. The van der Waals surface area contributed by atoms with Gasteiger partial charge in [-0.2, -0.15) is 0 Å². The zero-order chi connectivity index (χ0) is 14.1. The summed E-state index contributed by atoms with van der Waals surface area (Å²) < 4.78 is 0. The van der Waals surface area contributed by atoms with E-state index in [2.05, 4.69) is 17.4 Å². The Balaban J connectivity index is 1.62. The first-order valence-electron chi connectivity index (χ1n) is 7.26. The first-order valence-corrected chi connectivity index (χ1v) is 7.26. The number of carboxylic acid groups (broad SMARTS) is 1. The van der Waals surface area contributed by atoms with Crippen LogP contribution >= 0.6 is 0 Å². The summed E-state index contributed by atoms with van der Waals surface area (Å²) in [5.74, 6) is -1.23. The van der Waals surface area contributed by atoms with Crippen molar-refractivity contribution in [2.45, 2.75) is 38.1 Å². The quantitative estimate of drug-likeness (QED) is 0.888. The lowest BCUT2D eigenvalue weighted by atomic mass is 10.0. The summed E-state index contributed by atoms with van der Waals surface area (Å²) in [6.45, 7) is 0. The van der Waals surface area contributed by atoms with E-state index in [0.717, 1.165) is 12.8 Å². The molecule has 3 atom stereocenters. The van der Waals surface area contributed by atoms with Gasteiger partial charge in [0.05, 0.1) is 12.0 Å². The third-order valence-corrected chi connectivity index (χ3v) is 4.60. The lowest BCUT2D eigenvalue weighted by Crippen LogP contribution is -2.32. The predicted molar refractivity (Wildman–Crippen MR) is 74.1 cm³/mol. The molecule has 20 heavy (non-hydrogen) atoms. The van der Waals surface area contributed by atoms with Crippen molar-refractivity contribution in [3.8, 4) is 0 Å². The third-order valence-electron chi connectivity index (χ3n) is 4.60. The molecule has 0 aromatic heterocycles. The molecule has 0 spiro atoms. The van der Waals surface area contributed by atoms with Crippen molar-refractivity contribution in [2.24, 2.45) is 11.8 Å². The molecule has 0 bridgehead atoms. The average Bonchev–Trinajstić information content (AvgIpc) is 3.06. The van der Waals surface area contributed by atoms with Gasteiger partial charge in [0.2, 0.25) is 5.91 Å². The summed E-state index contributed by atoms with van der Waals surface area (Å²) in [7, 11) is 0. The molecular formula is C16H19NO3. The zero-order valence-electron chi connectivity index (χ0n) is 11.3. The van der Waals surface area contributed by atoms with Gasteiger partial charge in [0.15, 0.2) is 0 Å². The Labute approximate surface area is 118 Å². The van der Waals surface area contributed by atoms with Crippen molar-refractivity contribution in [3.05, 3.63) is 35.4 Å². The van der Waals surface area contributed by atoms with E-state index in [0.29, 0.717) is 19.3 Å². The molecule has 1 unspecified atom stereocenters. The van der Waals surface area contributed by atoms with Crippen LogP contribution in [0, 0.1) is 11.8 Å². The number of carbonyl (C=O) groups excluding carboxylic acids is 1. The Bertz CT molecular complexity index is 540. The van der Waals surface area contributed by atoms with Crippen molar-refractivity contribution in [2.75, 3.05) is 0 Å². The average molecular weight is 273 g/mol. The van der Waals surface area contributed by atoms with E-state index in [1.54, 1.807) is 0 Å². The molecule has 0 heterocycles. The van der Waals surface area contributed by atoms with Gasteiger partial charge in [-0.3, -0.25) is 9.59 Å². The van der Waals surface area contributed by atoms with Crippen molar-refractivity contribution in [1.29, 1.82) is 0 Å². The summed E-state index contributed by atoms with van der Waals surface area (Å²) in [4.78, 5) is 23.2. The minimum absolute atomic E-state index is 0.0236. The van der Waals surface area contributed by atoms with Crippen molar-refractivity contribution < 1.29 is 14.7 Å². The summed E-state index contributed by atoms with van der Waals surface area (Å²) in [6, 6.07) is 8.30. The number of hydrogen-bond acceptors (Lipinski definition) is 2. The number of hydrogen-bond donors (Lipinski definition) is 2. The van der Waals surface area contributed by atoms with Crippen molar-refractivity contribution in [1.82, 2.24) is 5.32 Å². The Morgan fingerprint density at radius 1 is 1.10 bits per heavy atom. The molecular weight excluding hydrogens is 254 g/mol. The van der Waals surface area contributed by atoms with Crippen LogP contribution < -0.4 is 5.32 Å². The maximum Gasteiger partial charge on any atom is 0.306 e. The molecule has 2 aliphatic rings. The van der Waals surface area contributed by atoms with Crippen LogP contribution in [0.25, 0.3) is 0 Å². The minimum Gasteiger partial charge on any atom is -0.481 e. The van der Waals surface area contributed by atoms with Crippen molar-refractivity contribution >= 4 is 11.9 Å². The summed E-state index contributed by atoms with van der Waals surface area (Å²) in [5, 5.41) is 12.1. The van der Waals surface area contributed by atoms with Crippen LogP contribution in [0.2, 0.25) is 0 Å². The number of carboxylic acids is 1. The van der Waals surface area contributed by atoms with E-state index in [9.17, 15) is 9.59 Å². The first kappa shape index (κ1) is 13.2. The molecule has 1 amide bonds. The Hall–Kier alpha value is -1.84. The standard InChI is InChI=1S/C16H19NO3/c18-15(11-5-6-12(9-11)16(19)20)17-14-8-7-10-3-1-2-4-13(10)14/h1-4,11-12,14H,5-9H2,(H,17,18)(H,19,20)/t11-,12+,14?/m0/s1. The molecule has 4 heteroatoms. The SMILES string of the molecule is O=C(O)[C@@H]1CC[C@H](C(=O)NC2CCc3ccccc32)C1. The second-order valence-electron chi connectivity index (χ2n) is 5.84. The highest BCUT2D eigenvalue weighted by Crippen LogP contribution is 2.34. The molecule has 1 saturated carbocycles. The van der Waals surface area contributed by atoms with Crippen LogP contribution in [-0.2, 0) is 16.0 Å². The fourth-order valence-electron chi connectivity index (χ4n) is 3.44. The van der Waals surface area contributed by atoms with Crippen LogP contribution in [-0.4, -0.2) is 17.0 Å². The zero-order valence-corrected chi connectivity index (χ0v) is 11.3. The number of fused-ring (bicyclic) bond motifs is 1. The van der Waals surface area contributed by atoms with E-state index < -0.39 is 5.97 Å². The normalized spacial score (nSPS) is 28.1. The number of carbonyl (C=O) groups is 2. The largest absolute Gasteiger partial charge is 0.481 e. The molecule has 106 valence electrons. The van der Waals surface area contributed by atoms with Gasteiger partial charge in [0, 0.05) is 5.92 Å². The summed E-state index contributed by atoms with van der Waals surface area (Å²) in [6.07, 6.45) is 3.74. The van der Waals surface area contributed by atoms with E-state index in [-0.39, 0.29) is 23.8 Å². The highest BCUT2D eigenvalue weighted by atomic mass is 16.4. The maximum atomic E-state index is 12.3. The van der Waals surface area contributed by atoms with Gasteiger partial charge in [0.25, 0.3) is 0 Å². The van der Waals surface area contributed by atoms with Crippen LogP contribution in [0.5, 0.6) is 0 Å². The second-order valence-corrected chi connectivity index (χ2v) is 5.84. The first-order chi connectivity index (χ1) is 9.65. The number of rotatable bonds is 3. The van der Waals surface area contributed by atoms with Crippen LogP contribution in [0.1, 0.15) is 42.9 Å². The van der Waals surface area contributed by atoms with E-state index in [1.165, 1.54) is 11.1 Å². The third kappa shape index (κ3) is 2.42. The summed E-state index contributed by atoms with van der Waals surface area (Å²) >= 11 is 0. The summed E-state index contributed by atoms with van der Waals surface area (Å²) in [5.41, 5.74) is 2.53. The van der Waals surface area contributed by atoms with Gasteiger partial charge in [0.1, 0.15) is 0 Å². The molecule has 4 nitrogen and oxygen atoms in total. The highest BCUT2D eigenvalue weighted by Gasteiger charge is 2.35.